The maximum Gasteiger partial charge on any atom is 0.156 e. The minimum absolute atomic E-state index is 0.268. The Hall–Kier alpha value is -1.22. The summed E-state index contributed by atoms with van der Waals surface area (Å²) in [6.45, 7) is 6.29. The van der Waals surface area contributed by atoms with E-state index in [-0.39, 0.29) is 5.54 Å². The Kier molecular flexibility index (Phi) is 5.12. The molecule has 4 aliphatic carbocycles. The molecule has 4 aliphatic rings. The topological polar surface area (TPSA) is 21.3 Å². The van der Waals surface area contributed by atoms with Crippen molar-refractivity contribution in [2.75, 3.05) is 0 Å². The van der Waals surface area contributed by atoms with E-state index in [1.54, 1.807) is 0 Å². The molecule has 4 fully saturated rings. The Balaban J connectivity index is 1.28. The first-order chi connectivity index (χ1) is 14.3. The van der Waals surface area contributed by atoms with E-state index in [0.717, 1.165) is 23.6 Å². The first kappa shape index (κ1) is 20.7. The largest absolute Gasteiger partial charge is 0.486 e. The molecule has 0 spiro atoms. The van der Waals surface area contributed by atoms with Crippen LogP contribution in [-0.2, 0) is 13.2 Å². The summed E-state index contributed by atoms with van der Waals surface area (Å²) >= 11 is 13.1. The van der Waals surface area contributed by atoms with E-state index in [9.17, 15) is 0 Å². The van der Waals surface area contributed by atoms with Gasteiger partial charge in [-0.05, 0) is 78.5 Å². The van der Waals surface area contributed by atoms with E-state index in [1.165, 1.54) is 38.5 Å². The third kappa shape index (κ3) is 3.99. The summed E-state index contributed by atoms with van der Waals surface area (Å²) in [6.07, 6.45) is 8.13. The second kappa shape index (κ2) is 7.43. The van der Waals surface area contributed by atoms with Crippen molar-refractivity contribution in [3.05, 3.63) is 63.6 Å². The Bertz CT molecular complexity index is 902. The number of nitrogens with one attached hydrogen (secondary N) is 1. The van der Waals surface area contributed by atoms with Gasteiger partial charge in [-0.3, -0.25) is 0 Å². The van der Waals surface area contributed by atoms with E-state index in [1.807, 2.05) is 42.5 Å². The zero-order valence-corrected chi connectivity index (χ0v) is 19.5. The van der Waals surface area contributed by atoms with Crippen molar-refractivity contribution in [3.8, 4) is 5.75 Å². The number of hydrogen-bond acceptors (Lipinski definition) is 2. The van der Waals surface area contributed by atoms with Crippen molar-refractivity contribution in [1.82, 2.24) is 5.32 Å². The van der Waals surface area contributed by atoms with Gasteiger partial charge in [0.05, 0.1) is 10.0 Å². The highest BCUT2D eigenvalue weighted by molar-refractivity contribution is 6.37. The molecule has 30 heavy (non-hydrogen) atoms. The number of halogens is 2. The van der Waals surface area contributed by atoms with Crippen LogP contribution in [-0.4, -0.2) is 5.54 Å². The summed E-state index contributed by atoms with van der Waals surface area (Å²) < 4.78 is 5.93. The first-order valence-corrected chi connectivity index (χ1v) is 11.9. The molecule has 0 saturated heterocycles. The Morgan fingerprint density at radius 1 is 0.900 bits per heavy atom. The fourth-order valence-corrected chi connectivity index (χ4v) is 8.16. The summed E-state index contributed by atoms with van der Waals surface area (Å²) in [5.74, 6) is 1.45. The lowest BCUT2D eigenvalue weighted by Crippen LogP contribution is -2.63. The van der Waals surface area contributed by atoms with Crippen LogP contribution in [0, 0.1) is 16.7 Å². The molecule has 2 aromatic rings. The number of hydrogen-bond donors (Lipinski definition) is 1. The predicted molar refractivity (Wildman–Crippen MR) is 124 cm³/mol. The molecule has 0 heterocycles. The molecule has 0 aromatic heterocycles. The molecule has 0 amide bonds. The molecular weight excluding hydrogens is 413 g/mol. The van der Waals surface area contributed by atoms with E-state index in [4.69, 9.17) is 27.9 Å². The van der Waals surface area contributed by atoms with Crippen LogP contribution in [0.15, 0.2) is 42.5 Å². The van der Waals surface area contributed by atoms with Crippen LogP contribution in [0.1, 0.15) is 63.5 Å². The van der Waals surface area contributed by atoms with Crippen LogP contribution in [0.5, 0.6) is 5.75 Å². The molecule has 4 heteroatoms. The molecule has 4 bridgehead atoms. The Morgan fingerprint density at radius 3 is 2.13 bits per heavy atom. The molecule has 4 saturated carbocycles. The highest BCUT2D eigenvalue weighted by atomic mass is 35.5. The van der Waals surface area contributed by atoms with Gasteiger partial charge in [-0.2, -0.15) is 0 Å². The third-order valence-corrected chi connectivity index (χ3v) is 8.14. The fraction of sp³-hybridized carbons (Fsp3) is 0.538. The van der Waals surface area contributed by atoms with E-state index in [2.05, 4.69) is 19.2 Å². The second-order valence-electron chi connectivity index (χ2n) is 10.9. The number of ether oxygens (including phenoxy) is 1. The predicted octanol–water partition coefficient (Wildman–Crippen LogP) is 7.41. The molecule has 1 N–H and O–H groups in total. The van der Waals surface area contributed by atoms with Crippen molar-refractivity contribution >= 4 is 23.2 Å². The molecule has 2 nitrogen and oxygen atoms in total. The Morgan fingerprint density at radius 2 is 1.53 bits per heavy atom. The van der Waals surface area contributed by atoms with Gasteiger partial charge in [-0.15, -0.1) is 0 Å². The standard InChI is InChI=1S/C26H31Cl2NO/c1-24-10-20-11-25(2,15-24)17-26(12-20,16-24)29-13-19-8-21(27)23(22(28)9-19)30-14-18-6-4-3-5-7-18/h3-9,20,29H,10-17H2,1-2H3. The molecule has 2 unspecified atom stereocenters. The van der Waals surface area contributed by atoms with Gasteiger partial charge in [0.2, 0.25) is 0 Å². The van der Waals surface area contributed by atoms with Crippen molar-refractivity contribution < 1.29 is 4.74 Å². The highest BCUT2D eigenvalue weighted by Gasteiger charge is 2.59. The van der Waals surface area contributed by atoms with Crippen LogP contribution < -0.4 is 10.1 Å². The van der Waals surface area contributed by atoms with Gasteiger partial charge in [0.1, 0.15) is 6.61 Å². The van der Waals surface area contributed by atoms with Crippen molar-refractivity contribution in [1.29, 1.82) is 0 Å². The van der Waals surface area contributed by atoms with Gasteiger partial charge in [0.15, 0.2) is 5.75 Å². The molecule has 2 aromatic carbocycles. The van der Waals surface area contributed by atoms with Gasteiger partial charge < -0.3 is 10.1 Å². The maximum absolute atomic E-state index is 6.56. The minimum atomic E-state index is 0.268. The Labute approximate surface area is 190 Å². The van der Waals surface area contributed by atoms with E-state index in [0.29, 0.717) is 33.2 Å². The molecule has 2 atom stereocenters. The number of benzene rings is 2. The molecule has 0 aliphatic heterocycles. The second-order valence-corrected chi connectivity index (χ2v) is 11.7. The van der Waals surface area contributed by atoms with Crippen LogP contribution in [0.2, 0.25) is 10.0 Å². The van der Waals surface area contributed by atoms with Gasteiger partial charge in [-0.1, -0.05) is 67.4 Å². The van der Waals surface area contributed by atoms with Crippen LogP contribution >= 0.6 is 23.2 Å². The minimum Gasteiger partial charge on any atom is -0.486 e. The highest BCUT2D eigenvalue weighted by Crippen LogP contribution is 2.66. The van der Waals surface area contributed by atoms with Crippen LogP contribution in [0.4, 0.5) is 0 Å². The van der Waals surface area contributed by atoms with Crippen molar-refractivity contribution in [3.63, 3.8) is 0 Å². The lowest BCUT2D eigenvalue weighted by Gasteiger charge is -2.65. The lowest BCUT2D eigenvalue weighted by molar-refractivity contribution is -0.118. The molecular formula is C26H31Cl2NO. The number of rotatable bonds is 6. The van der Waals surface area contributed by atoms with Crippen LogP contribution in [0.3, 0.4) is 0 Å². The quantitative estimate of drug-likeness (QED) is 0.501. The summed E-state index contributed by atoms with van der Waals surface area (Å²) in [4.78, 5) is 0. The average molecular weight is 444 g/mol. The summed E-state index contributed by atoms with van der Waals surface area (Å²) in [5.41, 5.74) is 3.50. The zero-order valence-electron chi connectivity index (χ0n) is 17.9. The van der Waals surface area contributed by atoms with E-state index >= 15 is 0 Å². The van der Waals surface area contributed by atoms with Gasteiger partial charge >= 0.3 is 0 Å². The summed E-state index contributed by atoms with van der Waals surface area (Å²) in [6, 6.07) is 14.1. The van der Waals surface area contributed by atoms with Crippen molar-refractivity contribution in [2.24, 2.45) is 16.7 Å². The summed E-state index contributed by atoms with van der Waals surface area (Å²) in [5, 5.41) is 5.13. The third-order valence-electron chi connectivity index (χ3n) is 7.58. The van der Waals surface area contributed by atoms with Gasteiger partial charge in [0.25, 0.3) is 0 Å². The van der Waals surface area contributed by atoms with Crippen molar-refractivity contribution in [2.45, 2.75) is 71.1 Å². The molecule has 160 valence electrons. The average Bonchev–Trinajstić information content (AvgIpc) is 2.64. The maximum atomic E-state index is 6.56. The van der Waals surface area contributed by atoms with Gasteiger partial charge in [0, 0.05) is 12.1 Å². The van der Waals surface area contributed by atoms with Gasteiger partial charge in [-0.25, -0.2) is 0 Å². The first-order valence-electron chi connectivity index (χ1n) is 11.2. The molecule has 0 radical (unpaired) electrons. The smallest absolute Gasteiger partial charge is 0.156 e. The lowest BCUT2D eigenvalue weighted by atomic mass is 9.43. The normalized spacial score (nSPS) is 34.3. The zero-order chi connectivity index (χ0) is 21.0. The van der Waals surface area contributed by atoms with Crippen LogP contribution in [0.25, 0.3) is 0 Å². The summed E-state index contributed by atoms with van der Waals surface area (Å²) in [7, 11) is 0. The van der Waals surface area contributed by atoms with E-state index < -0.39 is 0 Å². The SMILES string of the molecule is CC12CC3CC(C)(C1)CC(NCc1cc(Cl)c(OCc4ccccc4)c(Cl)c1)(C3)C2. The fourth-order valence-electron chi connectivity index (χ4n) is 7.52. The monoisotopic (exact) mass is 443 g/mol. The molecule has 6 rings (SSSR count).